The quantitative estimate of drug-likeness (QED) is 0.743. The van der Waals surface area contributed by atoms with Crippen LogP contribution in [-0.4, -0.2) is 60.3 Å². The van der Waals surface area contributed by atoms with Crippen LogP contribution in [0.3, 0.4) is 0 Å². The van der Waals surface area contributed by atoms with Crippen molar-refractivity contribution >= 4 is 35.1 Å². The number of carbonyl (C=O) groups excluding carboxylic acids is 2. The minimum atomic E-state index is -0.182. The van der Waals surface area contributed by atoms with Crippen LogP contribution in [-0.2, 0) is 0 Å². The lowest BCUT2D eigenvalue weighted by Gasteiger charge is -2.30. The van der Waals surface area contributed by atoms with Crippen molar-refractivity contribution in [1.82, 2.24) is 15.2 Å². The lowest BCUT2D eigenvalue weighted by Crippen LogP contribution is -2.39. The molecule has 2 aliphatic rings. The number of amides is 3. The van der Waals surface area contributed by atoms with Gasteiger partial charge in [0, 0.05) is 42.3 Å². The van der Waals surface area contributed by atoms with Crippen LogP contribution in [0.2, 0.25) is 0 Å². The van der Waals surface area contributed by atoms with Crippen LogP contribution < -0.4 is 15.5 Å². The first kappa shape index (κ1) is 21.6. The number of pyridine rings is 1. The summed E-state index contributed by atoms with van der Waals surface area (Å²) in [6.07, 6.45) is 2.50. The maximum absolute atomic E-state index is 12.9. The van der Waals surface area contributed by atoms with Crippen LogP contribution in [0.5, 0.6) is 0 Å². The van der Waals surface area contributed by atoms with Crippen LogP contribution in [0.4, 0.5) is 16.2 Å². The molecule has 0 radical (unpaired) electrons. The standard InChI is InChI=1S/C23H29N5O2S/c1-16-15-17(2)25-22-20(16)28(13-14-31-22)23(30)26-19-7-5-18(6-8-19)21(29)24-9-12-27-10-3-4-11-27/h5-8,15H,3-4,9-14H2,1-2H3,(H,24,29)(H,26,30). The Morgan fingerprint density at radius 3 is 2.58 bits per heavy atom. The Bertz CT molecular complexity index is 957. The van der Waals surface area contributed by atoms with E-state index in [4.69, 9.17) is 0 Å². The molecule has 1 fully saturated rings. The largest absolute Gasteiger partial charge is 0.351 e. The smallest absolute Gasteiger partial charge is 0.326 e. The van der Waals surface area contributed by atoms with Crippen molar-refractivity contribution in [2.75, 3.05) is 48.7 Å². The van der Waals surface area contributed by atoms with Crippen molar-refractivity contribution < 1.29 is 9.59 Å². The highest BCUT2D eigenvalue weighted by Gasteiger charge is 2.26. The molecule has 1 aromatic heterocycles. The van der Waals surface area contributed by atoms with Gasteiger partial charge in [0.05, 0.1) is 5.69 Å². The number of rotatable bonds is 5. The molecule has 2 N–H and O–H groups in total. The molecule has 2 aliphatic heterocycles. The fourth-order valence-electron chi connectivity index (χ4n) is 4.10. The zero-order valence-electron chi connectivity index (χ0n) is 18.1. The van der Waals surface area contributed by atoms with E-state index in [-0.39, 0.29) is 11.9 Å². The summed E-state index contributed by atoms with van der Waals surface area (Å²) in [5.74, 6) is 0.725. The number of fused-ring (bicyclic) bond motifs is 1. The predicted molar refractivity (Wildman–Crippen MR) is 125 cm³/mol. The Kier molecular flexibility index (Phi) is 6.77. The molecule has 8 heteroatoms. The Hall–Kier alpha value is -2.58. The number of urea groups is 1. The minimum absolute atomic E-state index is 0.0869. The average molecular weight is 440 g/mol. The van der Waals surface area contributed by atoms with E-state index < -0.39 is 0 Å². The molecule has 0 spiro atoms. The number of nitrogens with zero attached hydrogens (tertiary/aromatic N) is 3. The van der Waals surface area contributed by atoms with Crippen LogP contribution in [0.1, 0.15) is 34.5 Å². The Morgan fingerprint density at radius 2 is 1.84 bits per heavy atom. The summed E-state index contributed by atoms with van der Waals surface area (Å²) in [5.41, 5.74) is 4.14. The average Bonchev–Trinajstić information content (AvgIpc) is 3.27. The van der Waals surface area contributed by atoms with Gasteiger partial charge in [0.1, 0.15) is 5.03 Å². The number of likely N-dealkylation sites (tertiary alicyclic amines) is 1. The minimum Gasteiger partial charge on any atom is -0.351 e. The van der Waals surface area contributed by atoms with E-state index in [0.717, 1.165) is 47.4 Å². The highest BCUT2D eigenvalue weighted by Crippen LogP contribution is 2.36. The summed E-state index contributed by atoms with van der Waals surface area (Å²) in [6, 6.07) is 8.86. The molecule has 0 bridgehead atoms. The summed E-state index contributed by atoms with van der Waals surface area (Å²) in [7, 11) is 0. The summed E-state index contributed by atoms with van der Waals surface area (Å²) in [6.45, 7) is 8.40. The first-order valence-corrected chi connectivity index (χ1v) is 11.8. The second kappa shape index (κ2) is 9.70. The fourth-order valence-corrected chi connectivity index (χ4v) is 5.19. The zero-order chi connectivity index (χ0) is 21.8. The zero-order valence-corrected chi connectivity index (χ0v) is 18.9. The lowest BCUT2D eigenvalue weighted by atomic mass is 10.2. The van der Waals surface area contributed by atoms with Crippen LogP contribution in [0.15, 0.2) is 35.4 Å². The van der Waals surface area contributed by atoms with Crippen molar-refractivity contribution in [3.63, 3.8) is 0 Å². The first-order chi connectivity index (χ1) is 15.0. The molecule has 3 heterocycles. The van der Waals surface area contributed by atoms with Gasteiger partial charge in [-0.2, -0.15) is 0 Å². The highest BCUT2D eigenvalue weighted by molar-refractivity contribution is 7.99. The van der Waals surface area contributed by atoms with Gasteiger partial charge >= 0.3 is 6.03 Å². The van der Waals surface area contributed by atoms with Gasteiger partial charge in [0.15, 0.2) is 0 Å². The predicted octanol–water partition coefficient (Wildman–Crippen LogP) is 3.67. The lowest BCUT2D eigenvalue weighted by molar-refractivity contribution is 0.0950. The molecule has 164 valence electrons. The van der Waals surface area contributed by atoms with E-state index >= 15 is 0 Å². The summed E-state index contributed by atoms with van der Waals surface area (Å²) >= 11 is 1.68. The van der Waals surface area contributed by atoms with E-state index in [9.17, 15) is 9.59 Å². The van der Waals surface area contributed by atoms with Crippen molar-refractivity contribution in [2.24, 2.45) is 0 Å². The van der Waals surface area contributed by atoms with Crippen molar-refractivity contribution in [3.05, 3.63) is 47.2 Å². The second-order valence-electron chi connectivity index (χ2n) is 8.05. The van der Waals surface area contributed by atoms with Crippen molar-refractivity contribution in [3.8, 4) is 0 Å². The Balaban J connectivity index is 1.35. The van der Waals surface area contributed by atoms with Crippen molar-refractivity contribution in [2.45, 2.75) is 31.7 Å². The number of hydrogen-bond donors (Lipinski definition) is 2. The molecular weight excluding hydrogens is 410 g/mol. The summed E-state index contributed by atoms with van der Waals surface area (Å²) in [4.78, 5) is 34.0. The number of thioether (sulfide) groups is 1. The number of carbonyl (C=O) groups is 2. The molecule has 31 heavy (non-hydrogen) atoms. The van der Waals surface area contributed by atoms with E-state index in [0.29, 0.717) is 24.3 Å². The molecule has 4 rings (SSSR count). The van der Waals surface area contributed by atoms with Gasteiger partial charge in [-0.15, -0.1) is 11.8 Å². The molecule has 3 amide bonds. The molecule has 7 nitrogen and oxygen atoms in total. The number of hydrogen-bond acceptors (Lipinski definition) is 5. The van der Waals surface area contributed by atoms with Crippen LogP contribution >= 0.6 is 11.8 Å². The Morgan fingerprint density at radius 1 is 1.10 bits per heavy atom. The van der Waals surface area contributed by atoms with Gasteiger partial charge in [0.25, 0.3) is 5.91 Å². The monoisotopic (exact) mass is 439 g/mol. The van der Waals surface area contributed by atoms with Gasteiger partial charge in [-0.25, -0.2) is 9.78 Å². The van der Waals surface area contributed by atoms with Crippen molar-refractivity contribution in [1.29, 1.82) is 0 Å². The summed E-state index contributed by atoms with van der Waals surface area (Å²) < 4.78 is 0. The number of aromatic nitrogens is 1. The van der Waals surface area contributed by atoms with E-state index in [1.54, 1.807) is 40.9 Å². The van der Waals surface area contributed by atoms with E-state index in [1.807, 2.05) is 19.9 Å². The fraction of sp³-hybridized carbons (Fsp3) is 0.435. The third-order valence-electron chi connectivity index (χ3n) is 5.66. The number of nitrogens with one attached hydrogen (secondary N) is 2. The number of benzene rings is 1. The molecule has 2 aromatic rings. The first-order valence-electron chi connectivity index (χ1n) is 10.8. The third-order valence-corrected chi connectivity index (χ3v) is 6.60. The van der Waals surface area contributed by atoms with Gasteiger partial charge in [0.2, 0.25) is 0 Å². The van der Waals surface area contributed by atoms with Gasteiger partial charge in [-0.3, -0.25) is 9.69 Å². The number of anilines is 2. The van der Waals surface area contributed by atoms with Gasteiger partial charge in [-0.05, 0) is 75.7 Å². The molecule has 0 saturated carbocycles. The second-order valence-corrected chi connectivity index (χ2v) is 9.13. The van der Waals surface area contributed by atoms with Gasteiger partial charge in [-0.1, -0.05) is 0 Å². The maximum Gasteiger partial charge on any atom is 0.326 e. The highest BCUT2D eigenvalue weighted by atomic mass is 32.2. The molecule has 1 saturated heterocycles. The van der Waals surface area contributed by atoms with Crippen LogP contribution in [0, 0.1) is 13.8 Å². The summed E-state index contributed by atoms with van der Waals surface area (Å²) in [5, 5.41) is 6.83. The molecule has 0 atom stereocenters. The normalized spacial score (nSPS) is 16.1. The molecule has 0 unspecified atom stereocenters. The SMILES string of the molecule is Cc1cc(C)c2c(n1)SCCN2C(=O)Nc1ccc(C(=O)NCCN2CCCC2)cc1. The Labute approximate surface area is 187 Å². The van der Waals surface area contributed by atoms with E-state index in [2.05, 4.69) is 20.5 Å². The maximum atomic E-state index is 12.9. The number of aryl methyl sites for hydroxylation is 2. The third kappa shape index (κ3) is 5.19. The molecular formula is C23H29N5O2S. The van der Waals surface area contributed by atoms with Gasteiger partial charge < -0.3 is 15.5 Å². The van der Waals surface area contributed by atoms with Crippen LogP contribution in [0.25, 0.3) is 0 Å². The topological polar surface area (TPSA) is 77.6 Å². The molecule has 0 aliphatic carbocycles. The molecule has 1 aromatic carbocycles. The van der Waals surface area contributed by atoms with E-state index in [1.165, 1.54) is 12.8 Å².